The SMILES string of the molecule is COc1ccc(Cn2nnc(-c3ccc(OC)cc3)c2-c2ccc(OCCCN3CCCC3)cc2)cc1. The quantitative estimate of drug-likeness (QED) is 0.253. The van der Waals surface area contributed by atoms with Gasteiger partial charge in [0.25, 0.3) is 0 Å². The third-order valence-electron chi connectivity index (χ3n) is 6.80. The van der Waals surface area contributed by atoms with E-state index in [2.05, 4.69) is 39.5 Å². The Hall–Kier alpha value is -3.84. The summed E-state index contributed by atoms with van der Waals surface area (Å²) in [5.74, 6) is 2.52. The highest BCUT2D eigenvalue weighted by atomic mass is 16.5. The first-order valence-corrected chi connectivity index (χ1v) is 12.9. The van der Waals surface area contributed by atoms with Crippen molar-refractivity contribution in [2.75, 3.05) is 40.5 Å². The fourth-order valence-electron chi connectivity index (χ4n) is 4.75. The molecule has 3 aromatic carbocycles. The molecule has 1 aromatic heterocycles. The number of hydrogen-bond acceptors (Lipinski definition) is 6. The van der Waals surface area contributed by atoms with E-state index in [0.717, 1.165) is 64.9 Å². The highest BCUT2D eigenvalue weighted by molar-refractivity contribution is 5.78. The number of methoxy groups -OCH3 is 2. The maximum absolute atomic E-state index is 6.04. The zero-order chi connectivity index (χ0) is 25.5. The van der Waals surface area contributed by atoms with Crippen molar-refractivity contribution in [3.8, 4) is 39.8 Å². The lowest BCUT2D eigenvalue weighted by Crippen LogP contribution is -2.21. The molecule has 0 bridgehead atoms. The molecule has 0 unspecified atom stereocenters. The normalized spacial score (nSPS) is 13.6. The summed E-state index contributed by atoms with van der Waals surface area (Å²) < 4.78 is 18.6. The van der Waals surface area contributed by atoms with Gasteiger partial charge in [0.05, 0.1) is 33.1 Å². The van der Waals surface area contributed by atoms with Crippen LogP contribution in [0.1, 0.15) is 24.8 Å². The summed E-state index contributed by atoms with van der Waals surface area (Å²) in [4.78, 5) is 2.52. The minimum atomic E-state index is 0.594. The van der Waals surface area contributed by atoms with Gasteiger partial charge in [-0.2, -0.15) is 0 Å². The molecule has 0 atom stereocenters. The Labute approximate surface area is 218 Å². The molecule has 0 saturated carbocycles. The van der Waals surface area contributed by atoms with Crippen LogP contribution >= 0.6 is 0 Å². The maximum Gasteiger partial charge on any atom is 0.121 e. The van der Waals surface area contributed by atoms with E-state index in [1.54, 1.807) is 14.2 Å². The summed E-state index contributed by atoms with van der Waals surface area (Å²) in [6.45, 7) is 4.88. The topological polar surface area (TPSA) is 61.6 Å². The summed E-state index contributed by atoms with van der Waals surface area (Å²) in [6.07, 6.45) is 3.69. The lowest BCUT2D eigenvalue weighted by molar-refractivity contribution is 0.263. The van der Waals surface area contributed by atoms with Crippen LogP contribution in [0.2, 0.25) is 0 Å². The van der Waals surface area contributed by atoms with Gasteiger partial charge in [0, 0.05) is 17.7 Å². The lowest BCUT2D eigenvalue weighted by atomic mass is 10.0. The first kappa shape index (κ1) is 24.8. The molecule has 1 saturated heterocycles. The number of nitrogens with zero attached hydrogens (tertiary/aromatic N) is 4. The first-order chi connectivity index (χ1) is 18.2. The highest BCUT2D eigenvalue weighted by Gasteiger charge is 2.18. The Morgan fingerprint density at radius 2 is 1.32 bits per heavy atom. The molecule has 37 heavy (non-hydrogen) atoms. The van der Waals surface area contributed by atoms with Gasteiger partial charge in [0.15, 0.2) is 0 Å². The second kappa shape index (κ2) is 11.9. The van der Waals surface area contributed by atoms with Crippen LogP contribution in [0.4, 0.5) is 0 Å². The van der Waals surface area contributed by atoms with E-state index in [-0.39, 0.29) is 0 Å². The van der Waals surface area contributed by atoms with Gasteiger partial charge in [-0.05, 0) is 98.6 Å². The molecule has 7 heteroatoms. The van der Waals surface area contributed by atoms with Crippen LogP contribution in [-0.4, -0.2) is 60.4 Å². The van der Waals surface area contributed by atoms with Gasteiger partial charge in [0.1, 0.15) is 22.9 Å². The molecule has 0 radical (unpaired) electrons. The fraction of sp³-hybridized carbons (Fsp3) is 0.333. The first-order valence-electron chi connectivity index (χ1n) is 12.9. The number of ether oxygens (including phenoxy) is 3. The molecule has 0 N–H and O–H groups in total. The molecule has 7 nitrogen and oxygen atoms in total. The molecule has 1 aliphatic rings. The lowest BCUT2D eigenvalue weighted by Gasteiger charge is -2.14. The summed E-state index contributed by atoms with van der Waals surface area (Å²) >= 11 is 0. The Kier molecular flexibility index (Phi) is 8.01. The van der Waals surface area contributed by atoms with Crippen LogP contribution < -0.4 is 14.2 Å². The number of rotatable bonds is 11. The van der Waals surface area contributed by atoms with E-state index in [9.17, 15) is 0 Å². The van der Waals surface area contributed by atoms with Crippen molar-refractivity contribution >= 4 is 0 Å². The van der Waals surface area contributed by atoms with E-state index in [1.165, 1.54) is 25.9 Å². The molecule has 192 valence electrons. The Bertz CT molecular complexity index is 1260. The van der Waals surface area contributed by atoms with Gasteiger partial charge < -0.3 is 19.1 Å². The van der Waals surface area contributed by atoms with Crippen LogP contribution in [0.25, 0.3) is 22.5 Å². The number of benzene rings is 3. The predicted octanol–water partition coefficient (Wildman–Crippen LogP) is 5.54. The van der Waals surface area contributed by atoms with Gasteiger partial charge in [-0.15, -0.1) is 5.10 Å². The van der Waals surface area contributed by atoms with Crippen molar-refractivity contribution in [1.82, 2.24) is 19.9 Å². The monoisotopic (exact) mass is 498 g/mol. The average molecular weight is 499 g/mol. The van der Waals surface area contributed by atoms with E-state index < -0.39 is 0 Å². The average Bonchev–Trinajstić information content (AvgIpc) is 3.62. The van der Waals surface area contributed by atoms with E-state index in [0.29, 0.717) is 6.54 Å². The Balaban J connectivity index is 1.36. The molecule has 1 fully saturated rings. The summed E-state index contributed by atoms with van der Waals surface area (Å²) in [5, 5.41) is 9.12. The van der Waals surface area contributed by atoms with Crippen molar-refractivity contribution in [3.63, 3.8) is 0 Å². The number of hydrogen-bond donors (Lipinski definition) is 0. The minimum absolute atomic E-state index is 0.594. The third-order valence-corrected chi connectivity index (χ3v) is 6.80. The van der Waals surface area contributed by atoms with Crippen LogP contribution in [-0.2, 0) is 6.54 Å². The Morgan fingerprint density at radius 3 is 1.97 bits per heavy atom. The molecular weight excluding hydrogens is 464 g/mol. The smallest absolute Gasteiger partial charge is 0.121 e. The van der Waals surface area contributed by atoms with Crippen molar-refractivity contribution < 1.29 is 14.2 Å². The maximum atomic E-state index is 6.04. The predicted molar refractivity (Wildman–Crippen MR) is 145 cm³/mol. The zero-order valence-corrected chi connectivity index (χ0v) is 21.6. The minimum Gasteiger partial charge on any atom is -0.497 e. The second-order valence-electron chi connectivity index (χ2n) is 9.30. The molecule has 1 aliphatic heterocycles. The summed E-state index contributed by atoms with van der Waals surface area (Å²) in [7, 11) is 3.34. The van der Waals surface area contributed by atoms with Crippen LogP contribution in [0.3, 0.4) is 0 Å². The molecule has 0 spiro atoms. The van der Waals surface area contributed by atoms with Gasteiger partial charge in [-0.25, -0.2) is 4.68 Å². The zero-order valence-electron chi connectivity index (χ0n) is 21.6. The van der Waals surface area contributed by atoms with Crippen LogP contribution in [0.5, 0.6) is 17.2 Å². The van der Waals surface area contributed by atoms with Crippen molar-refractivity contribution in [3.05, 3.63) is 78.4 Å². The second-order valence-corrected chi connectivity index (χ2v) is 9.30. The fourth-order valence-corrected chi connectivity index (χ4v) is 4.75. The van der Waals surface area contributed by atoms with Crippen molar-refractivity contribution in [2.24, 2.45) is 0 Å². The Morgan fingerprint density at radius 1 is 0.730 bits per heavy atom. The largest absolute Gasteiger partial charge is 0.497 e. The van der Waals surface area contributed by atoms with E-state index in [4.69, 9.17) is 14.2 Å². The molecule has 0 aliphatic carbocycles. The van der Waals surface area contributed by atoms with E-state index >= 15 is 0 Å². The van der Waals surface area contributed by atoms with Gasteiger partial charge >= 0.3 is 0 Å². The number of aromatic nitrogens is 3. The molecule has 4 aromatic rings. The van der Waals surface area contributed by atoms with Gasteiger partial charge in [-0.1, -0.05) is 17.3 Å². The van der Waals surface area contributed by atoms with E-state index in [1.807, 2.05) is 53.2 Å². The standard InChI is InChI=1S/C30H34N4O3/c1-35-26-12-6-23(7-13-26)22-34-30(29(31-32-34)24-8-14-27(36-2)15-9-24)25-10-16-28(17-11-25)37-21-5-20-33-18-3-4-19-33/h6-17H,3-5,18-22H2,1-2H3. The van der Waals surface area contributed by atoms with Crippen molar-refractivity contribution in [2.45, 2.75) is 25.8 Å². The molecule has 2 heterocycles. The van der Waals surface area contributed by atoms with Crippen molar-refractivity contribution in [1.29, 1.82) is 0 Å². The summed E-state index contributed by atoms with van der Waals surface area (Å²) in [5.41, 5.74) is 4.93. The van der Waals surface area contributed by atoms with Crippen LogP contribution in [0.15, 0.2) is 72.8 Å². The third kappa shape index (κ3) is 6.12. The molecule has 5 rings (SSSR count). The highest BCUT2D eigenvalue weighted by Crippen LogP contribution is 2.33. The molecule has 0 amide bonds. The van der Waals surface area contributed by atoms with Gasteiger partial charge in [-0.3, -0.25) is 0 Å². The number of likely N-dealkylation sites (tertiary alicyclic amines) is 1. The molecular formula is C30H34N4O3. The van der Waals surface area contributed by atoms with Crippen LogP contribution in [0, 0.1) is 0 Å². The van der Waals surface area contributed by atoms with Gasteiger partial charge in [0.2, 0.25) is 0 Å². The summed E-state index contributed by atoms with van der Waals surface area (Å²) in [6, 6.07) is 24.2.